The van der Waals surface area contributed by atoms with Gasteiger partial charge in [0, 0.05) is 27.5 Å². The van der Waals surface area contributed by atoms with Crippen molar-refractivity contribution in [3.05, 3.63) is 44.8 Å². The van der Waals surface area contributed by atoms with E-state index in [2.05, 4.69) is 33.6 Å². The van der Waals surface area contributed by atoms with Gasteiger partial charge in [-0.15, -0.1) is 0 Å². The number of benzene rings is 1. The second kappa shape index (κ2) is 6.45. The predicted molar refractivity (Wildman–Crippen MR) is 79.4 cm³/mol. The standard InChI is InChI=1S/C14H15BrFNS/c1-2-5-17-7-11-6-10(3-4-14(11)16)12-8-18-9-13(12)15/h3-4,6,8-9,17H,2,5,7H2,1H3. The summed E-state index contributed by atoms with van der Waals surface area (Å²) in [5.74, 6) is -0.145. The van der Waals surface area contributed by atoms with Crippen LogP contribution < -0.4 is 5.32 Å². The molecule has 1 heterocycles. The van der Waals surface area contributed by atoms with Crippen LogP contribution in [0.5, 0.6) is 0 Å². The van der Waals surface area contributed by atoms with Crippen LogP contribution in [-0.2, 0) is 6.54 Å². The molecule has 0 aliphatic heterocycles. The number of hydrogen-bond donors (Lipinski definition) is 1. The first-order valence-electron chi connectivity index (χ1n) is 5.93. The van der Waals surface area contributed by atoms with Crippen molar-refractivity contribution >= 4 is 27.3 Å². The van der Waals surface area contributed by atoms with Gasteiger partial charge >= 0.3 is 0 Å². The minimum atomic E-state index is -0.145. The summed E-state index contributed by atoms with van der Waals surface area (Å²) < 4.78 is 14.8. The van der Waals surface area contributed by atoms with Crippen LogP contribution >= 0.6 is 27.3 Å². The van der Waals surface area contributed by atoms with E-state index in [4.69, 9.17) is 0 Å². The second-order valence-corrected chi connectivity index (χ2v) is 5.71. The molecule has 0 bridgehead atoms. The number of nitrogens with one attached hydrogen (secondary N) is 1. The van der Waals surface area contributed by atoms with Gasteiger partial charge in [-0.25, -0.2) is 4.39 Å². The molecule has 0 saturated carbocycles. The molecular weight excluding hydrogens is 313 g/mol. The molecule has 0 spiro atoms. The van der Waals surface area contributed by atoms with E-state index in [1.54, 1.807) is 17.4 Å². The molecule has 0 fully saturated rings. The average molecular weight is 328 g/mol. The van der Waals surface area contributed by atoms with Crippen LogP contribution in [0.15, 0.2) is 33.4 Å². The summed E-state index contributed by atoms with van der Waals surface area (Å²) >= 11 is 5.15. The van der Waals surface area contributed by atoms with Crippen LogP contribution in [0.1, 0.15) is 18.9 Å². The average Bonchev–Trinajstić information content (AvgIpc) is 2.78. The van der Waals surface area contributed by atoms with Crippen molar-refractivity contribution in [1.82, 2.24) is 5.32 Å². The van der Waals surface area contributed by atoms with E-state index in [9.17, 15) is 4.39 Å². The highest BCUT2D eigenvalue weighted by molar-refractivity contribution is 9.10. The Morgan fingerprint density at radius 1 is 1.33 bits per heavy atom. The summed E-state index contributed by atoms with van der Waals surface area (Å²) in [6.07, 6.45) is 1.05. The first-order chi connectivity index (χ1) is 8.72. The van der Waals surface area contributed by atoms with Gasteiger partial charge in [0.2, 0.25) is 0 Å². The lowest BCUT2D eigenvalue weighted by atomic mass is 10.1. The summed E-state index contributed by atoms with van der Waals surface area (Å²) in [6.45, 7) is 3.59. The van der Waals surface area contributed by atoms with Crippen molar-refractivity contribution in [3.63, 3.8) is 0 Å². The highest BCUT2D eigenvalue weighted by atomic mass is 79.9. The quantitative estimate of drug-likeness (QED) is 0.776. The van der Waals surface area contributed by atoms with Crippen molar-refractivity contribution < 1.29 is 4.39 Å². The van der Waals surface area contributed by atoms with E-state index in [-0.39, 0.29) is 5.82 Å². The van der Waals surface area contributed by atoms with E-state index in [1.165, 1.54) is 0 Å². The Morgan fingerprint density at radius 2 is 2.17 bits per heavy atom. The maximum atomic E-state index is 13.7. The van der Waals surface area contributed by atoms with Crippen molar-refractivity contribution in [2.75, 3.05) is 6.54 Å². The fourth-order valence-electron chi connectivity index (χ4n) is 1.77. The molecule has 0 saturated heterocycles. The molecule has 2 aromatic rings. The van der Waals surface area contributed by atoms with Gasteiger partial charge in [-0.2, -0.15) is 11.3 Å². The lowest BCUT2D eigenvalue weighted by Gasteiger charge is -2.07. The van der Waals surface area contributed by atoms with Crippen molar-refractivity contribution in [2.45, 2.75) is 19.9 Å². The van der Waals surface area contributed by atoms with Crippen molar-refractivity contribution in [2.24, 2.45) is 0 Å². The normalized spacial score (nSPS) is 10.8. The maximum absolute atomic E-state index is 13.7. The fraction of sp³-hybridized carbons (Fsp3) is 0.286. The van der Waals surface area contributed by atoms with Crippen LogP contribution in [0.4, 0.5) is 4.39 Å². The van der Waals surface area contributed by atoms with Crippen LogP contribution in [0, 0.1) is 5.82 Å². The molecule has 0 unspecified atom stereocenters. The Bertz CT molecular complexity index is 524. The zero-order valence-electron chi connectivity index (χ0n) is 10.2. The van der Waals surface area contributed by atoms with E-state index in [0.717, 1.165) is 34.1 Å². The number of hydrogen-bond acceptors (Lipinski definition) is 2. The van der Waals surface area contributed by atoms with Crippen molar-refractivity contribution in [1.29, 1.82) is 0 Å². The third-order valence-electron chi connectivity index (χ3n) is 2.71. The highest BCUT2D eigenvalue weighted by Crippen LogP contribution is 2.32. The van der Waals surface area contributed by atoms with Gasteiger partial charge in [0.1, 0.15) is 5.82 Å². The summed E-state index contributed by atoms with van der Waals surface area (Å²) in [7, 11) is 0. The minimum Gasteiger partial charge on any atom is -0.313 e. The Labute approximate surface area is 119 Å². The summed E-state index contributed by atoms with van der Waals surface area (Å²) in [5, 5.41) is 7.34. The van der Waals surface area contributed by atoms with E-state index in [1.807, 2.05) is 17.5 Å². The van der Waals surface area contributed by atoms with E-state index in [0.29, 0.717) is 6.54 Å². The third-order valence-corrected chi connectivity index (χ3v) is 4.42. The molecule has 0 amide bonds. The van der Waals surface area contributed by atoms with Gasteiger partial charge in [0.25, 0.3) is 0 Å². The van der Waals surface area contributed by atoms with E-state index >= 15 is 0 Å². The van der Waals surface area contributed by atoms with Crippen LogP contribution in [0.3, 0.4) is 0 Å². The summed E-state index contributed by atoms with van der Waals surface area (Å²) in [6, 6.07) is 5.29. The molecule has 0 aliphatic carbocycles. The van der Waals surface area contributed by atoms with Crippen molar-refractivity contribution in [3.8, 4) is 11.1 Å². The smallest absolute Gasteiger partial charge is 0.127 e. The van der Waals surface area contributed by atoms with Crippen LogP contribution in [0.2, 0.25) is 0 Å². The molecule has 1 aromatic heterocycles. The molecular formula is C14H15BrFNS. The molecule has 1 aromatic carbocycles. The third kappa shape index (κ3) is 3.19. The topological polar surface area (TPSA) is 12.0 Å². The summed E-state index contributed by atoms with van der Waals surface area (Å²) in [4.78, 5) is 0. The number of halogens is 2. The molecule has 96 valence electrons. The van der Waals surface area contributed by atoms with Gasteiger partial charge < -0.3 is 5.32 Å². The Hall–Kier alpha value is -0.710. The van der Waals surface area contributed by atoms with Crippen LogP contribution in [-0.4, -0.2) is 6.54 Å². The maximum Gasteiger partial charge on any atom is 0.127 e. The highest BCUT2D eigenvalue weighted by Gasteiger charge is 2.08. The first kappa shape index (κ1) is 13.7. The van der Waals surface area contributed by atoms with E-state index < -0.39 is 0 Å². The monoisotopic (exact) mass is 327 g/mol. The second-order valence-electron chi connectivity index (χ2n) is 4.12. The summed E-state index contributed by atoms with van der Waals surface area (Å²) in [5.41, 5.74) is 2.90. The SMILES string of the molecule is CCCNCc1cc(-c2cscc2Br)ccc1F. The zero-order valence-corrected chi connectivity index (χ0v) is 12.6. The molecule has 1 N–H and O–H groups in total. The Morgan fingerprint density at radius 3 is 2.83 bits per heavy atom. The Balaban J connectivity index is 2.23. The molecule has 0 atom stereocenters. The molecule has 0 aliphatic rings. The van der Waals surface area contributed by atoms with Gasteiger partial charge in [-0.1, -0.05) is 13.0 Å². The van der Waals surface area contributed by atoms with Gasteiger partial charge in [0.05, 0.1) is 0 Å². The minimum absolute atomic E-state index is 0.145. The molecule has 2 rings (SSSR count). The largest absolute Gasteiger partial charge is 0.313 e. The molecule has 18 heavy (non-hydrogen) atoms. The first-order valence-corrected chi connectivity index (χ1v) is 7.67. The zero-order chi connectivity index (χ0) is 13.0. The van der Waals surface area contributed by atoms with Crippen LogP contribution in [0.25, 0.3) is 11.1 Å². The lowest BCUT2D eigenvalue weighted by molar-refractivity contribution is 0.587. The number of rotatable bonds is 5. The van der Waals surface area contributed by atoms with Gasteiger partial charge in [-0.05, 0) is 52.0 Å². The number of thiophene rings is 1. The Kier molecular flexibility index (Phi) is 4.92. The fourth-order valence-corrected chi connectivity index (χ4v) is 3.30. The van der Waals surface area contributed by atoms with Gasteiger partial charge in [0.15, 0.2) is 0 Å². The molecule has 1 nitrogen and oxygen atoms in total. The van der Waals surface area contributed by atoms with Gasteiger partial charge in [-0.3, -0.25) is 0 Å². The molecule has 0 radical (unpaired) electrons. The molecule has 4 heteroatoms. The lowest BCUT2D eigenvalue weighted by Crippen LogP contribution is -2.14. The predicted octanol–water partition coefficient (Wildman–Crippen LogP) is 4.82.